The lowest BCUT2D eigenvalue weighted by Crippen LogP contribution is -2.44. The van der Waals surface area contributed by atoms with Gasteiger partial charge in [-0.25, -0.2) is 0 Å². The van der Waals surface area contributed by atoms with Gasteiger partial charge >= 0.3 is 0 Å². The van der Waals surface area contributed by atoms with Crippen molar-refractivity contribution in [1.82, 2.24) is 10.6 Å². The fraction of sp³-hybridized carbons (Fsp3) is 0.857. The highest BCUT2D eigenvalue weighted by molar-refractivity contribution is 5.83. The van der Waals surface area contributed by atoms with Crippen molar-refractivity contribution in [3.05, 3.63) is 0 Å². The SMILES string of the molecule is CC(=O)NC(C)(C)CCOC(C)(C)CCNC(=O)C(C)(C)CC(C)C(C)=O. The number of ketones is 1. The summed E-state index contributed by atoms with van der Waals surface area (Å²) in [6, 6.07) is 0. The Morgan fingerprint density at radius 2 is 1.52 bits per heavy atom. The summed E-state index contributed by atoms with van der Waals surface area (Å²) in [6.07, 6.45) is 1.92. The molecule has 0 aliphatic carbocycles. The molecule has 0 aromatic carbocycles. The number of amides is 2. The molecule has 0 bridgehead atoms. The number of nitrogens with one attached hydrogen (secondary N) is 2. The third-order valence-corrected chi connectivity index (χ3v) is 4.87. The Morgan fingerprint density at radius 3 is 2.00 bits per heavy atom. The lowest BCUT2D eigenvalue weighted by molar-refractivity contribution is -0.131. The molecule has 6 heteroatoms. The molecule has 0 spiro atoms. The summed E-state index contributed by atoms with van der Waals surface area (Å²) in [6.45, 7) is 17.6. The summed E-state index contributed by atoms with van der Waals surface area (Å²) in [5.41, 5.74) is -1.28. The van der Waals surface area contributed by atoms with Crippen LogP contribution >= 0.6 is 0 Å². The zero-order valence-corrected chi connectivity index (χ0v) is 18.7. The standard InChI is InChI=1S/C21H40N2O4/c1-15(16(2)24)14-19(4,5)18(26)22-12-10-21(8,9)27-13-11-20(6,7)23-17(3)25/h15H,10-14H2,1-9H3,(H,22,26)(H,23,25). The van der Waals surface area contributed by atoms with E-state index in [9.17, 15) is 14.4 Å². The van der Waals surface area contributed by atoms with Gasteiger partial charge in [0.25, 0.3) is 0 Å². The fourth-order valence-corrected chi connectivity index (χ4v) is 2.91. The van der Waals surface area contributed by atoms with Gasteiger partial charge in [0.15, 0.2) is 0 Å². The van der Waals surface area contributed by atoms with Gasteiger partial charge in [-0.1, -0.05) is 20.8 Å². The summed E-state index contributed by atoms with van der Waals surface area (Å²) in [4.78, 5) is 35.1. The van der Waals surface area contributed by atoms with E-state index in [0.29, 0.717) is 32.4 Å². The second-order valence-corrected chi connectivity index (χ2v) is 9.53. The van der Waals surface area contributed by atoms with Gasteiger partial charge in [-0.05, 0) is 53.9 Å². The first-order valence-corrected chi connectivity index (χ1v) is 9.79. The van der Waals surface area contributed by atoms with Gasteiger partial charge in [-0.3, -0.25) is 14.4 Å². The van der Waals surface area contributed by atoms with Crippen molar-refractivity contribution in [2.45, 2.75) is 92.7 Å². The highest BCUT2D eigenvalue weighted by Gasteiger charge is 2.31. The Hall–Kier alpha value is -1.43. The van der Waals surface area contributed by atoms with Crippen LogP contribution in [0.15, 0.2) is 0 Å². The highest BCUT2D eigenvalue weighted by atomic mass is 16.5. The number of Topliss-reactive ketones (excluding diaryl/α,β-unsaturated/α-hetero) is 1. The number of hydrogen-bond donors (Lipinski definition) is 2. The van der Waals surface area contributed by atoms with E-state index in [2.05, 4.69) is 10.6 Å². The van der Waals surface area contributed by atoms with Crippen LogP contribution in [0.2, 0.25) is 0 Å². The topological polar surface area (TPSA) is 84.5 Å². The molecule has 0 aromatic heterocycles. The average molecular weight is 385 g/mol. The highest BCUT2D eigenvalue weighted by Crippen LogP contribution is 2.26. The molecule has 2 N–H and O–H groups in total. The maximum Gasteiger partial charge on any atom is 0.225 e. The molecule has 0 saturated heterocycles. The minimum Gasteiger partial charge on any atom is -0.375 e. The molecule has 0 fully saturated rings. The number of ether oxygens (including phenoxy) is 1. The first-order valence-electron chi connectivity index (χ1n) is 9.79. The minimum atomic E-state index is -0.585. The smallest absolute Gasteiger partial charge is 0.225 e. The van der Waals surface area contributed by atoms with Crippen molar-refractivity contribution in [3.63, 3.8) is 0 Å². The van der Waals surface area contributed by atoms with E-state index < -0.39 is 5.41 Å². The predicted molar refractivity (Wildman–Crippen MR) is 108 cm³/mol. The molecule has 0 aliphatic heterocycles. The van der Waals surface area contributed by atoms with Crippen molar-refractivity contribution in [2.24, 2.45) is 11.3 Å². The van der Waals surface area contributed by atoms with Crippen molar-refractivity contribution in [3.8, 4) is 0 Å². The summed E-state index contributed by atoms with van der Waals surface area (Å²) >= 11 is 0. The molecule has 1 atom stereocenters. The largest absolute Gasteiger partial charge is 0.375 e. The quantitative estimate of drug-likeness (QED) is 0.541. The van der Waals surface area contributed by atoms with E-state index in [1.807, 2.05) is 48.5 Å². The summed E-state index contributed by atoms with van der Waals surface area (Å²) in [5.74, 6) is -0.119. The molecular weight excluding hydrogens is 344 g/mol. The van der Waals surface area contributed by atoms with Crippen LogP contribution in [0.25, 0.3) is 0 Å². The maximum absolute atomic E-state index is 12.5. The lowest BCUT2D eigenvalue weighted by Gasteiger charge is -2.31. The fourth-order valence-electron chi connectivity index (χ4n) is 2.91. The molecule has 0 rings (SSSR count). The van der Waals surface area contributed by atoms with Crippen LogP contribution < -0.4 is 10.6 Å². The van der Waals surface area contributed by atoms with E-state index in [4.69, 9.17) is 4.74 Å². The lowest BCUT2D eigenvalue weighted by atomic mass is 9.81. The number of carbonyl (C=O) groups excluding carboxylic acids is 3. The summed E-state index contributed by atoms with van der Waals surface area (Å²) in [5, 5.41) is 5.87. The van der Waals surface area contributed by atoms with Crippen LogP contribution in [0.1, 0.15) is 81.6 Å². The molecule has 0 heterocycles. The van der Waals surface area contributed by atoms with E-state index >= 15 is 0 Å². The minimum absolute atomic E-state index is 0.0433. The summed E-state index contributed by atoms with van der Waals surface area (Å²) < 4.78 is 5.96. The third-order valence-electron chi connectivity index (χ3n) is 4.87. The van der Waals surface area contributed by atoms with Gasteiger partial charge in [-0.15, -0.1) is 0 Å². The number of carbonyl (C=O) groups is 3. The Morgan fingerprint density at radius 1 is 0.963 bits per heavy atom. The predicted octanol–water partition coefficient (Wildman–Crippen LogP) is 3.23. The normalized spacial score (nSPS) is 13.8. The van der Waals surface area contributed by atoms with Crippen molar-refractivity contribution in [2.75, 3.05) is 13.2 Å². The zero-order valence-electron chi connectivity index (χ0n) is 18.7. The van der Waals surface area contributed by atoms with Crippen molar-refractivity contribution < 1.29 is 19.1 Å². The van der Waals surface area contributed by atoms with Gasteiger partial charge in [0.1, 0.15) is 5.78 Å². The molecule has 158 valence electrons. The second kappa shape index (κ2) is 10.2. The van der Waals surface area contributed by atoms with E-state index in [1.165, 1.54) is 6.92 Å². The number of rotatable bonds is 12. The average Bonchev–Trinajstić information content (AvgIpc) is 2.44. The van der Waals surface area contributed by atoms with Gasteiger partial charge in [0.2, 0.25) is 11.8 Å². The third kappa shape index (κ3) is 11.1. The van der Waals surface area contributed by atoms with Gasteiger partial charge < -0.3 is 15.4 Å². The first-order chi connectivity index (χ1) is 12.1. The monoisotopic (exact) mass is 384 g/mol. The van der Waals surface area contributed by atoms with Gasteiger partial charge in [0.05, 0.1) is 5.60 Å². The zero-order chi connectivity index (χ0) is 21.5. The Kier molecular flexibility index (Phi) is 9.67. The Balaban J connectivity index is 4.35. The van der Waals surface area contributed by atoms with Crippen LogP contribution in [0.3, 0.4) is 0 Å². The maximum atomic E-state index is 12.5. The van der Waals surface area contributed by atoms with Crippen LogP contribution in [-0.2, 0) is 19.1 Å². The first kappa shape index (κ1) is 25.6. The Bertz CT molecular complexity index is 524. The van der Waals surface area contributed by atoms with Crippen molar-refractivity contribution >= 4 is 17.6 Å². The van der Waals surface area contributed by atoms with E-state index in [-0.39, 0.29) is 34.7 Å². The van der Waals surface area contributed by atoms with Crippen molar-refractivity contribution in [1.29, 1.82) is 0 Å². The molecule has 2 amide bonds. The second-order valence-electron chi connectivity index (χ2n) is 9.53. The van der Waals surface area contributed by atoms with Gasteiger partial charge in [-0.2, -0.15) is 0 Å². The molecule has 1 unspecified atom stereocenters. The van der Waals surface area contributed by atoms with Gasteiger partial charge in [0, 0.05) is 36.9 Å². The molecule has 6 nitrogen and oxygen atoms in total. The molecule has 0 aliphatic rings. The summed E-state index contributed by atoms with van der Waals surface area (Å²) in [7, 11) is 0. The van der Waals surface area contributed by atoms with Crippen LogP contribution in [-0.4, -0.2) is 41.9 Å². The molecule has 0 radical (unpaired) electrons. The van der Waals surface area contributed by atoms with Crippen LogP contribution in [0, 0.1) is 11.3 Å². The van der Waals surface area contributed by atoms with Crippen LogP contribution in [0.5, 0.6) is 0 Å². The molecule has 27 heavy (non-hydrogen) atoms. The Labute approximate surface area is 165 Å². The van der Waals surface area contributed by atoms with E-state index in [0.717, 1.165) is 0 Å². The molecule has 0 aromatic rings. The van der Waals surface area contributed by atoms with E-state index in [1.54, 1.807) is 6.92 Å². The molecule has 0 saturated carbocycles. The number of hydrogen-bond acceptors (Lipinski definition) is 4. The molecular formula is C21H40N2O4. The van der Waals surface area contributed by atoms with Crippen LogP contribution in [0.4, 0.5) is 0 Å².